The summed E-state index contributed by atoms with van der Waals surface area (Å²) in [5.74, 6) is 0. The second-order valence-electron chi connectivity index (χ2n) is 4.80. The predicted molar refractivity (Wildman–Crippen MR) is 78.8 cm³/mol. The molecule has 0 radical (unpaired) electrons. The van der Waals surface area contributed by atoms with E-state index >= 15 is 0 Å². The fraction of sp³-hybridized carbons (Fsp3) is 0.118. The second kappa shape index (κ2) is 5.21. The van der Waals surface area contributed by atoms with Gasteiger partial charge in [-0.1, -0.05) is 18.2 Å². The minimum atomic E-state index is 1.02. The highest BCUT2D eigenvalue weighted by Gasteiger charge is 2.17. The van der Waals surface area contributed by atoms with Crippen molar-refractivity contribution in [1.82, 2.24) is 9.97 Å². The molecule has 0 unspecified atom stereocenters. The Morgan fingerprint density at radius 3 is 2.30 bits per heavy atom. The minimum absolute atomic E-state index is 1.02. The van der Waals surface area contributed by atoms with Gasteiger partial charge in [0.05, 0.1) is 5.56 Å². The highest BCUT2D eigenvalue weighted by molar-refractivity contribution is 5.63. The molecule has 0 atom stereocenters. The summed E-state index contributed by atoms with van der Waals surface area (Å²) in [5, 5.41) is 0. The minimum Gasteiger partial charge on any atom is -0.244 e. The van der Waals surface area contributed by atoms with E-state index < -0.39 is 0 Å². The summed E-state index contributed by atoms with van der Waals surface area (Å²) >= 11 is 0. The molecular weight excluding hydrogens is 246 g/mol. The number of rotatable bonds is 2. The van der Waals surface area contributed by atoms with Crippen LogP contribution in [-0.2, 0) is 7.05 Å². The van der Waals surface area contributed by atoms with Gasteiger partial charge >= 0.3 is 0 Å². The SMILES string of the molecule is Cc1ccccc1-c1cccc(-c2cncnc2)[n+]1C. The number of aryl methyl sites for hydroxylation is 1. The van der Waals surface area contributed by atoms with E-state index in [1.165, 1.54) is 16.8 Å². The summed E-state index contributed by atoms with van der Waals surface area (Å²) in [6.07, 6.45) is 5.22. The second-order valence-corrected chi connectivity index (χ2v) is 4.80. The van der Waals surface area contributed by atoms with Crippen LogP contribution in [0.1, 0.15) is 5.56 Å². The topological polar surface area (TPSA) is 29.7 Å². The quantitative estimate of drug-likeness (QED) is 0.665. The van der Waals surface area contributed by atoms with Gasteiger partial charge in [0.15, 0.2) is 0 Å². The molecule has 0 saturated carbocycles. The Morgan fingerprint density at radius 2 is 1.55 bits per heavy atom. The summed E-state index contributed by atoms with van der Waals surface area (Å²) in [6.45, 7) is 2.13. The molecule has 20 heavy (non-hydrogen) atoms. The highest BCUT2D eigenvalue weighted by Crippen LogP contribution is 2.22. The third kappa shape index (κ3) is 2.18. The summed E-state index contributed by atoms with van der Waals surface area (Å²) in [5.41, 5.74) is 5.82. The summed E-state index contributed by atoms with van der Waals surface area (Å²) in [6, 6.07) is 14.7. The van der Waals surface area contributed by atoms with Crippen molar-refractivity contribution >= 4 is 0 Å². The zero-order chi connectivity index (χ0) is 13.9. The highest BCUT2D eigenvalue weighted by atomic mass is 15.0. The number of nitrogens with zero attached hydrogens (tertiary/aromatic N) is 3. The lowest BCUT2D eigenvalue weighted by Crippen LogP contribution is -2.34. The molecule has 0 bridgehead atoms. The van der Waals surface area contributed by atoms with Gasteiger partial charge in [0.1, 0.15) is 13.4 Å². The maximum absolute atomic E-state index is 4.10. The number of hydrogen-bond acceptors (Lipinski definition) is 2. The molecule has 98 valence electrons. The molecule has 0 saturated heterocycles. The van der Waals surface area contributed by atoms with Crippen LogP contribution in [0.25, 0.3) is 22.5 Å². The zero-order valence-corrected chi connectivity index (χ0v) is 11.6. The molecule has 0 aliphatic rings. The van der Waals surface area contributed by atoms with Gasteiger partial charge in [0.2, 0.25) is 11.4 Å². The van der Waals surface area contributed by atoms with Gasteiger partial charge in [-0.15, -0.1) is 0 Å². The van der Waals surface area contributed by atoms with E-state index in [2.05, 4.69) is 71.0 Å². The molecule has 0 N–H and O–H groups in total. The van der Waals surface area contributed by atoms with Crippen LogP contribution < -0.4 is 4.57 Å². The lowest BCUT2D eigenvalue weighted by Gasteiger charge is -2.07. The molecule has 1 aromatic carbocycles. The van der Waals surface area contributed by atoms with Crippen LogP contribution >= 0.6 is 0 Å². The Kier molecular flexibility index (Phi) is 3.25. The fourth-order valence-electron chi connectivity index (χ4n) is 2.44. The molecule has 0 fully saturated rings. The number of pyridine rings is 1. The average Bonchev–Trinajstić information content (AvgIpc) is 2.49. The molecule has 2 aromatic heterocycles. The van der Waals surface area contributed by atoms with E-state index in [0.717, 1.165) is 11.3 Å². The molecule has 3 nitrogen and oxygen atoms in total. The first-order chi connectivity index (χ1) is 9.77. The monoisotopic (exact) mass is 262 g/mol. The Hall–Kier alpha value is -2.55. The van der Waals surface area contributed by atoms with Gasteiger partial charge in [0.25, 0.3) is 0 Å². The molecule has 3 aromatic rings. The molecular formula is C17H16N3+. The van der Waals surface area contributed by atoms with Crippen LogP contribution in [0.4, 0.5) is 0 Å². The van der Waals surface area contributed by atoms with Gasteiger partial charge in [0, 0.05) is 30.1 Å². The maximum atomic E-state index is 4.10. The summed E-state index contributed by atoms with van der Waals surface area (Å²) in [4.78, 5) is 8.20. The van der Waals surface area contributed by atoms with Crippen LogP contribution in [0.2, 0.25) is 0 Å². The van der Waals surface area contributed by atoms with Crippen molar-refractivity contribution in [2.45, 2.75) is 6.92 Å². The molecule has 0 spiro atoms. The van der Waals surface area contributed by atoms with Crippen molar-refractivity contribution in [2.24, 2.45) is 7.05 Å². The van der Waals surface area contributed by atoms with Crippen LogP contribution in [0.3, 0.4) is 0 Å². The summed E-state index contributed by atoms with van der Waals surface area (Å²) < 4.78 is 2.18. The van der Waals surface area contributed by atoms with Crippen molar-refractivity contribution in [1.29, 1.82) is 0 Å². The normalized spacial score (nSPS) is 10.5. The van der Waals surface area contributed by atoms with Gasteiger partial charge < -0.3 is 0 Å². The maximum Gasteiger partial charge on any atom is 0.215 e. The Bertz CT molecular complexity index is 736. The lowest BCUT2D eigenvalue weighted by atomic mass is 10.0. The van der Waals surface area contributed by atoms with Gasteiger partial charge in [-0.3, -0.25) is 0 Å². The first kappa shape index (κ1) is 12.5. The van der Waals surface area contributed by atoms with E-state index in [1.807, 2.05) is 12.4 Å². The van der Waals surface area contributed by atoms with Crippen molar-refractivity contribution in [3.8, 4) is 22.5 Å². The van der Waals surface area contributed by atoms with E-state index in [0.29, 0.717) is 0 Å². The Labute approximate surface area is 118 Å². The van der Waals surface area contributed by atoms with Gasteiger partial charge in [-0.25, -0.2) is 9.97 Å². The van der Waals surface area contributed by atoms with Crippen molar-refractivity contribution in [2.75, 3.05) is 0 Å². The lowest BCUT2D eigenvalue weighted by molar-refractivity contribution is -0.649. The van der Waals surface area contributed by atoms with Crippen LogP contribution in [0, 0.1) is 6.92 Å². The first-order valence-corrected chi connectivity index (χ1v) is 6.58. The van der Waals surface area contributed by atoms with Crippen LogP contribution in [-0.4, -0.2) is 9.97 Å². The van der Waals surface area contributed by atoms with E-state index in [-0.39, 0.29) is 0 Å². The van der Waals surface area contributed by atoms with Gasteiger partial charge in [-0.05, 0) is 24.6 Å². The van der Waals surface area contributed by atoms with Crippen molar-refractivity contribution in [3.05, 3.63) is 66.7 Å². The third-order valence-corrected chi connectivity index (χ3v) is 3.51. The largest absolute Gasteiger partial charge is 0.244 e. The summed E-state index contributed by atoms with van der Waals surface area (Å²) in [7, 11) is 2.07. The number of aromatic nitrogens is 3. The van der Waals surface area contributed by atoms with Crippen LogP contribution in [0.15, 0.2) is 61.2 Å². The Balaban J connectivity index is 2.19. The van der Waals surface area contributed by atoms with Crippen molar-refractivity contribution in [3.63, 3.8) is 0 Å². The predicted octanol–water partition coefficient (Wildman–Crippen LogP) is 2.94. The molecule has 0 aliphatic carbocycles. The number of hydrogen-bond donors (Lipinski definition) is 0. The smallest absolute Gasteiger partial charge is 0.215 e. The molecule has 3 heteroatoms. The van der Waals surface area contributed by atoms with E-state index in [4.69, 9.17) is 0 Å². The Morgan fingerprint density at radius 1 is 0.850 bits per heavy atom. The van der Waals surface area contributed by atoms with Crippen molar-refractivity contribution < 1.29 is 4.57 Å². The molecule has 0 aliphatic heterocycles. The molecule has 0 amide bonds. The third-order valence-electron chi connectivity index (χ3n) is 3.51. The fourth-order valence-corrected chi connectivity index (χ4v) is 2.44. The van der Waals surface area contributed by atoms with Crippen LogP contribution in [0.5, 0.6) is 0 Å². The molecule has 3 rings (SSSR count). The first-order valence-electron chi connectivity index (χ1n) is 6.58. The number of benzene rings is 1. The van der Waals surface area contributed by atoms with E-state index in [9.17, 15) is 0 Å². The van der Waals surface area contributed by atoms with E-state index in [1.54, 1.807) is 6.33 Å². The zero-order valence-electron chi connectivity index (χ0n) is 11.6. The standard InChI is InChI=1S/C17H16N3/c1-13-6-3-4-7-15(13)17-9-5-8-16(20(17)2)14-10-18-12-19-11-14/h3-12H,1-2H3/q+1. The van der Waals surface area contributed by atoms with Gasteiger partial charge in [-0.2, -0.15) is 4.57 Å². The molecule has 2 heterocycles. The average molecular weight is 262 g/mol.